The third-order valence-corrected chi connectivity index (χ3v) is 5.52. The van der Waals surface area contributed by atoms with E-state index < -0.39 is 0 Å². The van der Waals surface area contributed by atoms with E-state index in [9.17, 15) is 4.79 Å². The Labute approximate surface area is 147 Å². The summed E-state index contributed by atoms with van der Waals surface area (Å²) in [6.07, 6.45) is 1.62. The normalized spacial score (nSPS) is 17.0. The highest BCUT2D eigenvalue weighted by Crippen LogP contribution is 2.33. The van der Waals surface area contributed by atoms with Gasteiger partial charge in [0.1, 0.15) is 6.10 Å². The Morgan fingerprint density at radius 2 is 2.04 bits per heavy atom. The van der Waals surface area contributed by atoms with Crippen LogP contribution in [0, 0.1) is 0 Å². The van der Waals surface area contributed by atoms with Gasteiger partial charge in [-0.15, -0.1) is 11.3 Å². The fourth-order valence-electron chi connectivity index (χ4n) is 3.14. The molecular weight excluding hydrogens is 320 g/mol. The van der Waals surface area contributed by atoms with Crippen molar-refractivity contribution in [3.8, 4) is 11.3 Å². The first-order valence-corrected chi connectivity index (χ1v) is 9.48. The van der Waals surface area contributed by atoms with E-state index in [1.165, 1.54) is 5.01 Å². The van der Waals surface area contributed by atoms with Crippen LogP contribution in [-0.4, -0.2) is 41.6 Å². The molecule has 0 bridgehead atoms. The van der Waals surface area contributed by atoms with Crippen LogP contribution in [-0.2, 0) is 9.53 Å². The molecule has 5 heteroatoms. The molecule has 0 spiro atoms. The van der Waals surface area contributed by atoms with Gasteiger partial charge in [-0.2, -0.15) is 0 Å². The van der Waals surface area contributed by atoms with Crippen molar-refractivity contribution in [2.75, 3.05) is 19.7 Å². The number of aromatic nitrogens is 1. The van der Waals surface area contributed by atoms with Gasteiger partial charge in [0.05, 0.1) is 10.7 Å². The third-order valence-electron chi connectivity index (χ3n) is 4.51. The van der Waals surface area contributed by atoms with E-state index in [2.05, 4.69) is 17.5 Å². The summed E-state index contributed by atoms with van der Waals surface area (Å²) in [5.74, 6) is 0.568. The highest BCUT2D eigenvalue weighted by Gasteiger charge is 2.28. The van der Waals surface area contributed by atoms with Gasteiger partial charge < -0.3 is 9.64 Å². The summed E-state index contributed by atoms with van der Waals surface area (Å²) in [6, 6.07) is 10.3. The Morgan fingerprint density at radius 1 is 1.33 bits per heavy atom. The zero-order chi connectivity index (χ0) is 16.9. The number of piperidine rings is 1. The average Bonchev–Trinajstić information content (AvgIpc) is 3.12. The minimum atomic E-state index is -0.337. The van der Waals surface area contributed by atoms with Gasteiger partial charge in [0.25, 0.3) is 5.91 Å². The largest absolute Gasteiger partial charge is 0.369 e. The number of benzene rings is 1. The molecule has 0 aliphatic carbocycles. The summed E-state index contributed by atoms with van der Waals surface area (Å²) < 4.78 is 5.42. The molecule has 1 aromatic heterocycles. The van der Waals surface area contributed by atoms with E-state index in [0.717, 1.165) is 37.2 Å². The maximum atomic E-state index is 12.3. The molecule has 1 saturated heterocycles. The summed E-state index contributed by atoms with van der Waals surface area (Å²) in [7, 11) is 0. The Morgan fingerprint density at radius 3 is 2.71 bits per heavy atom. The van der Waals surface area contributed by atoms with Crippen molar-refractivity contribution in [3.63, 3.8) is 0 Å². The zero-order valence-electron chi connectivity index (χ0n) is 14.3. The van der Waals surface area contributed by atoms with Gasteiger partial charge in [-0.25, -0.2) is 4.98 Å². The smallest absolute Gasteiger partial charge is 0.251 e. The van der Waals surface area contributed by atoms with Gasteiger partial charge in [-0.3, -0.25) is 4.79 Å². The van der Waals surface area contributed by atoms with Crippen molar-refractivity contribution in [3.05, 3.63) is 40.7 Å². The number of likely N-dealkylation sites (tertiary alicyclic amines) is 1. The van der Waals surface area contributed by atoms with Crippen molar-refractivity contribution < 1.29 is 9.53 Å². The van der Waals surface area contributed by atoms with Crippen LogP contribution in [0.25, 0.3) is 11.3 Å². The van der Waals surface area contributed by atoms with Crippen LogP contribution in [0.4, 0.5) is 0 Å². The topological polar surface area (TPSA) is 42.4 Å². The molecule has 3 rings (SSSR count). The fraction of sp³-hybridized carbons (Fsp3) is 0.474. The first kappa shape index (κ1) is 17.1. The van der Waals surface area contributed by atoms with Gasteiger partial charge in [-0.05, 0) is 26.7 Å². The number of hydrogen-bond donors (Lipinski definition) is 0. The van der Waals surface area contributed by atoms with Gasteiger partial charge in [0, 0.05) is 36.6 Å². The summed E-state index contributed by atoms with van der Waals surface area (Å²) in [5, 5.41) is 3.33. The van der Waals surface area contributed by atoms with Crippen LogP contribution in [0.15, 0.2) is 35.7 Å². The van der Waals surface area contributed by atoms with E-state index in [0.29, 0.717) is 12.5 Å². The lowest BCUT2D eigenvalue weighted by molar-refractivity contribution is -0.143. The highest BCUT2D eigenvalue weighted by molar-refractivity contribution is 7.10. The number of rotatable bonds is 5. The zero-order valence-corrected chi connectivity index (χ0v) is 15.1. The van der Waals surface area contributed by atoms with Crippen LogP contribution < -0.4 is 0 Å². The van der Waals surface area contributed by atoms with E-state index in [4.69, 9.17) is 9.72 Å². The second-order valence-electron chi connectivity index (χ2n) is 6.13. The van der Waals surface area contributed by atoms with E-state index >= 15 is 0 Å². The molecule has 128 valence electrons. The van der Waals surface area contributed by atoms with Crippen molar-refractivity contribution in [1.82, 2.24) is 9.88 Å². The van der Waals surface area contributed by atoms with Crippen LogP contribution in [0.3, 0.4) is 0 Å². The van der Waals surface area contributed by atoms with Crippen LogP contribution >= 0.6 is 11.3 Å². The molecule has 24 heavy (non-hydrogen) atoms. The molecule has 1 aliphatic rings. The monoisotopic (exact) mass is 344 g/mol. The Kier molecular flexibility index (Phi) is 5.63. The van der Waals surface area contributed by atoms with Crippen molar-refractivity contribution in [2.45, 2.75) is 38.7 Å². The van der Waals surface area contributed by atoms with E-state index in [1.54, 1.807) is 11.3 Å². The van der Waals surface area contributed by atoms with Crippen molar-refractivity contribution in [1.29, 1.82) is 0 Å². The lowest BCUT2D eigenvalue weighted by Gasteiger charge is -2.32. The Bertz CT molecular complexity index is 663. The SMILES string of the molecule is CCO[C@@H](C)C(=O)N1CCC(c2nc(-c3ccccc3)cs2)CC1. The Hall–Kier alpha value is -1.72. The maximum absolute atomic E-state index is 12.3. The first-order valence-electron chi connectivity index (χ1n) is 8.60. The van der Waals surface area contributed by atoms with Crippen molar-refractivity contribution >= 4 is 17.2 Å². The molecule has 1 fully saturated rings. The molecule has 0 N–H and O–H groups in total. The summed E-state index contributed by atoms with van der Waals surface area (Å²) in [5.41, 5.74) is 2.22. The standard InChI is InChI=1S/C19H24N2O2S/c1-3-23-14(2)19(22)21-11-9-16(10-12-21)18-20-17(13-24-18)15-7-5-4-6-8-15/h4-8,13-14,16H,3,9-12H2,1-2H3/t14-/m0/s1. The molecule has 1 atom stereocenters. The van der Waals surface area contributed by atoms with Gasteiger partial charge in [-0.1, -0.05) is 30.3 Å². The molecule has 1 aromatic carbocycles. The van der Waals surface area contributed by atoms with Crippen molar-refractivity contribution in [2.24, 2.45) is 0 Å². The predicted octanol–water partition coefficient (Wildman–Crippen LogP) is 3.94. The molecule has 0 radical (unpaired) electrons. The number of amides is 1. The molecule has 0 unspecified atom stereocenters. The predicted molar refractivity (Wildman–Crippen MR) is 97.2 cm³/mol. The highest BCUT2D eigenvalue weighted by atomic mass is 32.1. The van der Waals surface area contributed by atoms with E-state index in [1.807, 2.05) is 36.9 Å². The molecule has 4 nitrogen and oxygen atoms in total. The number of carbonyl (C=O) groups is 1. The molecule has 0 saturated carbocycles. The lowest BCUT2D eigenvalue weighted by Crippen LogP contribution is -2.43. The lowest BCUT2D eigenvalue weighted by atomic mass is 9.97. The summed E-state index contributed by atoms with van der Waals surface area (Å²) in [4.78, 5) is 19.1. The van der Waals surface area contributed by atoms with Gasteiger partial charge in [0.2, 0.25) is 0 Å². The molecular formula is C19H24N2O2S. The summed E-state index contributed by atoms with van der Waals surface area (Å²) >= 11 is 1.74. The second kappa shape index (κ2) is 7.90. The molecule has 2 aromatic rings. The van der Waals surface area contributed by atoms with Gasteiger partial charge in [0.15, 0.2) is 0 Å². The third kappa shape index (κ3) is 3.84. The maximum Gasteiger partial charge on any atom is 0.251 e. The number of carbonyl (C=O) groups excluding carboxylic acids is 1. The second-order valence-corrected chi connectivity index (χ2v) is 7.02. The minimum Gasteiger partial charge on any atom is -0.369 e. The average molecular weight is 344 g/mol. The van der Waals surface area contributed by atoms with Crippen LogP contribution in [0.1, 0.15) is 37.6 Å². The molecule has 1 aliphatic heterocycles. The number of thiazole rings is 1. The Balaban J connectivity index is 1.59. The molecule has 1 amide bonds. The summed E-state index contributed by atoms with van der Waals surface area (Å²) in [6.45, 7) is 5.92. The van der Waals surface area contributed by atoms with Crippen LogP contribution in [0.2, 0.25) is 0 Å². The number of ether oxygens (including phenoxy) is 1. The van der Waals surface area contributed by atoms with Gasteiger partial charge >= 0.3 is 0 Å². The minimum absolute atomic E-state index is 0.111. The van der Waals surface area contributed by atoms with E-state index in [-0.39, 0.29) is 12.0 Å². The molecule has 2 heterocycles. The first-order chi connectivity index (χ1) is 11.7. The number of nitrogens with zero attached hydrogens (tertiary/aromatic N) is 2. The van der Waals surface area contributed by atoms with Crippen LogP contribution in [0.5, 0.6) is 0 Å². The number of hydrogen-bond acceptors (Lipinski definition) is 4. The fourth-order valence-corrected chi connectivity index (χ4v) is 4.14. The quantitative estimate of drug-likeness (QED) is 0.825.